The number of hydrogen-bond donors (Lipinski definition) is 1. The molecule has 0 radical (unpaired) electrons. The van der Waals surface area contributed by atoms with Crippen molar-refractivity contribution in [2.24, 2.45) is 0 Å². The molecule has 0 aliphatic heterocycles. The number of benzene rings is 2. The molecular formula is C19H16N3O3+. The van der Waals surface area contributed by atoms with Crippen molar-refractivity contribution in [1.82, 2.24) is 0 Å². The summed E-state index contributed by atoms with van der Waals surface area (Å²) in [4.78, 5) is 22.3. The van der Waals surface area contributed by atoms with Crippen molar-refractivity contribution in [3.8, 4) is 0 Å². The van der Waals surface area contributed by atoms with Crippen molar-refractivity contribution < 1.29 is 14.3 Å². The van der Waals surface area contributed by atoms with Gasteiger partial charge in [0.05, 0.1) is 10.6 Å². The Morgan fingerprint density at radius 3 is 2.20 bits per heavy atom. The fraction of sp³-hybridized carbons (Fsp3) is 0.0526. The van der Waals surface area contributed by atoms with Crippen molar-refractivity contribution in [3.05, 3.63) is 100 Å². The Labute approximate surface area is 144 Å². The summed E-state index contributed by atoms with van der Waals surface area (Å²) in [5.41, 5.74) is 2.17. The van der Waals surface area contributed by atoms with Gasteiger partial charge in [-0.2, -0.15) is 0 Å². The second kappa shape index (κ2) is 7.35. The van der Waals surface area contributed by atoms with Crippen LogP contribution in [0.25, 0.3) is 0 Å². The van der Waals surface area contributed by atoms with Crippen LogP contribution in [0.5, 0.6) is 0 Å². The minimum absolute atomic E-state index is 0.0433. The summed E-state index contributed by atoms with van der Waals surface area (Å²) in [6.45, 7) is 0.747. The zero-order valence-electron chi connectivity index (χ0n) is 13.3. The second-order valence-corrected chi connectivity index (χ2v) is 5.50. The zero-order chi connectivity index (χ0) is 17.6. The summed E-state index contributed by atoms with van der Waals surface area (Å²) >= 11 is 0. The van der Waals surface area contributed by atoms with Gasteiger partial charge in [-0.1, -0.05) is 30.3 Å². The molecule has 0 saturated heterocycles. The molecule has 3 rings (SSSR count). The van der Waals surface area contributed by atoms with E-state index in [-0.39, 0.29) is 11.6 Å². The molecule has 0 bridgehead atoms. The first kappa shape index (κ1) is 16.3. The SMILES string of the molecule is O=C(Nc1cc[n+](Cc2ccccc2)cc1)c1ccc([N+](=O)[O-])cc1. The lowest BCUT2D eigenvalue weighted by Crippen LogP contribution is -2.33. The maximum Gasteiger partial charge on any atom is 0.269 e. The lowest BCUT2D eigenvalue weighted by molar-refractivity contribution is -0.688. The van der Waals surface area contributed by atoms with Gasteiger partial charge in [-0.15, -0.1) is 0 Å². The van der Waals surface area contributed by atoms with E-state index in [4.69, 9.17) is 0 Å². The van der Waals surface area contributed by atoms with Gasteiger partial charge in [-0.25, -0.2) is 4.57 Å². The molecule has 0 spiro atoms. The van der Waals surface area contributed by atoms with Crippen LogP contribution in [0.3, 0.4) is 0 Å². The van der Waals surface area contributed by atoms with Crippen molar-refractivity contribution in [2.45, 2.75) is 6.54 Å². The Morgan fingerprint density at radius 1 is 0.960 bits per heavy atom. The highest BCUT2D eigenvalue weighted by molar-refractivity contribution is 6.04. The van der Waals surface area contributed by atoms with Gasteiger partial charge in [0.2, 0.25) is 0 Å². The third-order valence-electron chi connectivity index (χ3n) is 3.70. The van der Waals surface area contributed by atoms with Crippen molar-refractivity contribution >= 4 is 17.3 Å². The van der Waals surface area contributed by atoms with E-state index in [2.05, 4.69) is 17.4 Å². The number of aromatic nitrogens is 1. The van der Waals surface area contributed by atoms with Gasteiger partial charge in [-0.05, 0) is 12.1 Å². The molecular weight excluding hydrogens is 318 g/mol. The molecule has 0 saturated carbocycles. The topological polar surface area (TPSA) is 76.1 Å². The number of carbonyl (C=O) groups excluding carboxylic acids is 1. The number of nitro benzene ring substituents is 1. The van der Waals surface area contributed by atoms with Crippen LogP contribution in [0.1, 0.15) is 15.9 Å². The minimum Gasteiger partial charge on any atom is -0.322 e. The second-order valence-electron chi connectivity index (χ2n) is 5.50. The highest BCUT2D eigenvalue weighted by atomic mass is 16.6. The molecule has 0 unspecified atom stereocenters. The van der Waals surface area contributed by atoms with E-state index in [1.54, 1.807) is 0 Å². The molecule has 0 aliphatic carbocycles. The van der Waals surface area contributed by atoms with Gasteiger partial charge in [0.1, 0.15) is 0 Å². The number of carbonyl (C=O) groups is 1. The van der Waals surface area contributed by atoms with Crippen molar-refractivity contribution in [2.75, 3.05) is 5.32 Å². The van der Waals surface area contributed by atoms with E-state index < -0.39 is 4.92 Å². The lowest BCUT2D eigenvalue weighted by Gasteiger charge is -2.05. The summed E-state index contributed by atoms with van der Waals surface area (Å²) < 4.78 is 2.01. The first-order chi connectivity index (χ1) is 12.1. The highest BCUT2D eigenvalue weighted by Gasteiger charge is 2.10. The normalized spacial score (nSPS) is 10.2. The standard InChI is InChI=1S/C19H15N3O3/c23-19(16-6-8-18(9-7-16)22(24)25)20-17-10-12-21(13-11-17)14-15-4-2-1-3-5-15/h1-13H,14H2/p+1. The largest absolute Gasteiger partial charge is 0.322 e. The van der Waals surface area contributed by atoms with Gasteiger partial charge < -0.3 is 5.32 Å². The predicted octanol–water partition coefficient (Wildman–Crippen LogP) is 3.18. The summed E-state index contributed by atoms with van der Waals surface area (Å²) in [5.74, 6) is -0.310. The lowest BCUT2D eigenvalue weighted by atomic mass is 10.2. The van der Waals surface area contributed by atoms with E-state index >= 15 is 0 Å². The number of pyridine rings is 1. The van der Waals surface area contributed by atoms with E-state index in [1.165, 1.54) is 29.8 Å². The smallest absolute Gasteiger partial charge is 0.269 e. The van der Waals surface area contributed by atoms with Crippen LogP contribution < -0.4 is 9.88 Å². The monoisotopic (exact) mass is 334 g/mol. The van der Waals surface area contributed by atoms with Crippen molar-refractivity contribution in [3.63, 3.8) is 0 Å². The van der Waals surface area contributed by atoms with Crippen LogP contribution in [0.2, 0.25) is 0 Å². The molecule has 0 atom stereocenters. The van der Waals surface area contributed by atoms with Crippen LogP contribution >= 0.6 is 0 Å². The first-order valence-electron chi connectivity index (χ1n) is 7.71. The molecule has 1 N–H and O–H groups in total. The van der Waals surface area contributed by atoms with Gasteiger partial charge in [0, 0.05) is 35.4 Å². The quantitative estimate of drug-likeness (QED) is 0.442. The summed E-state index contributed by atoms with van der Waals surface area (Å²) in [5, 5.41) is 13.4. The molecule has 1 aromatic heterocycles. The van der Waals surface area contributed by atoms with Gasteiger partial charge >= 0.3 is 0 Å². The number of nitrogens with zero attached hydrogens (tertiary/aromatic N) is 2. The summed E-state index contributed by atoms with van der Waals surface area (Å²) in [7, 11) is 0. The molecule has 6 heteroatoms. The van der Waals surface area contributed by atoms with Gasteiger partial charge in [0.15, 0.2) is 18.9 Å². The fourth-order valence-electron chi connectivity index (χ4n) is 2.38. The predicted molar refractivity (Wildman–Crippen MR) is 93.2 cm³/mol. The summed E-state index contributed by atoms with van der Waals surface area (Å²) in [6, 6.07) is 19.2. The first-order valence-corrected chi connectivity index (χ1v) is 7.71. The number of nitrogens with one attached hydrogen (secondary N) is 1. The van der Waals surface area contributed by atoms with E-state index in [1.807, 2.05) is 47.3 Å². The molecule has 3 aromatic rings. The Hall–Kier alpha value is -3.54. The van der Waals surface area contributed by atoms with E-state index in [0.29, 0.717) is 11.3 Å². The van der Waals surface area contributed by atoms with E-state index in [0.717, 1.165) is 6.54 Å². The van der Waals surface area contributed by atoms with E-state index in [9.17, 15) is 14.9 Å². The van der Waals surface area contributed by atoms with Crippen LogP contribution in [0.4, 0.5) is 11.4 Å². The number of rotatable bonds is 5. The van der Waals surface area contributed by atoms with Crippen LogP contribution in [-0.4, -0.2) is 10.8 Å². The molecule has 25 heavy (non-hydrogen) atoms. The molecule has 124 valence electrons. The minimum atomic E-state index is -0.496. The molecule has 2 aromatic carbocycles. The Morgan fingerprint density at radius 2 is 1.60 bits per heavy atom. The summed E-state index contributed by atoms with van der Waals surface area (Å²) in [6.07, 6.45) is 3.77. The van der Waals surface area contributed by atoms with Crippen molar-refractivity contribution in [1.29, 1.82) is 0 Å². The van der Waals surface area contributed by atoms with Gasteiger partial charge in [-0.3, -0.25) is 14.9 Å². The molecule has 0 fully saturated rings. The Balaban J connectivity index is 1.64. The Bertz CT molecular complexity index is 876. The maximum atomic E-state index is 12.2. The number of hydrogen-bond acceptors (Lipinski definition) is 3. The number of non-ortho nitro benzene ring substituents is 1. The fourth-order valence-corrected chi connectivity index (χ4v) is 2.38. The zero-order valence-corrected chi connectivity index (χ0v) is 13.3. The molecule has 6 nitrogen and oxygen atoms in total. The highest BCUT2D eigenvalue weighted by Crippen LogP contribution is 2.13. The average molecular weight is 334 g/mol. The Kier molecular flexibility index (Phi) is 4.80. The molecule has 1 heterocycles. The molecule has 0 aliphatic rings. The molecule has 1 amide bonds. The average Bonchev–Trinajstić information content (AvgIpc) is 2.64. The van der Waals surface area contributed by atoms with Gasteiger partial charge in [0.25, 0.3) is 11.6 Å². The number of nitro groups is 1. The van der Waals surface area contributed by atoms with Crippen LogP contribution in [0.15, 0.2) is 79.1 Å². The van der Waals surface area contributed by atoms with Crippen LogP contribution in [0, 0.1) is 10.1 Å². The third kappa shape index (κ3) is 4.26. The van der Waals surface area contributed by atoms with Crippen LogP contribution in [-0.2, 0) is 6.54 Å². The third-order valence-corrected chi connectivity index (χ3v) is 3.70. The number of anilines is 1. The maximum absolute atomic E-state index is 12.2. The number of amides is 1.